The molecule has 4 nitrogen and oxygen atoms in total. The fourth-order valence-corrected chi connectivity index (χ4v) is 2.90. The molecule has 0 spiro atoms. The zero-order valence-electron chi connectivity index (χ0n) is 13.3. The molecule has 1 aliphatic rings. The largest absolute Gasteiger partial charge is 0.348 e. The molecular formula is C17H23FN2O2. The van der Waals surface area contributed by atoms with Crippen molar-refractivity contribution in [1.82, 2.24) is 10.2 Å². The number of benzene rings is 1. The van der Waals surface area contributed by atoms with Crippen molar-refractivity contribution in [2.75, 3.05) is 6.54 Å². The number of nitrogens with one attached hydrogen (secondary N) is 1. The van der Waals surface area contributed by atoms with Gasteiger partial charge >= 0.3 is 0 Å². The van der Waals surface area contributed by atoms with Crippen molar-refractivity contribution >= 4 is 11.8 Å². The van der Waals surface area contributed by atoms with Gasteiger partial charge in [0.1, 0.15) is 11.9 Å². The number of amides is 2. The van der Waals surface area contributed by atoms with E-state index in [-0.39, 0.29) is 29.6 Å². The number of carbonyl (C=O) groups excluding carboxylic acids is 2. The smallest absolute Gasteiger partial charge is 0.243 e. The lowest BCUT2D eigenvalue weighted by atomic mass is 10.0. The summed E-state index contributed by atoms with van der Waals surface area (Å²) in [6, 6.07) is 5.39. The Kier molecular flexibility index (Phi) is 5.16. The van der Waals surface area contributed by atoms with E-state index < -0.39 is 6.04 Å². The van der Waals surface area contributed by atoms with Crippen LogP contribution in [0.15, 0.2) is 24.3 Å². The first-order chi connectivity index (χ1) is 10.4. The molecule has 2 atom stereocenters. The maximum Gasteiger partial charge on any atom is 0.243 e. The lowest BCUT2D eigenvalue weighted by molar-refractivity contribution is -0.139. The summed E-state index contributed by atoms with van der Waals surface area (Å²) in [5, 5.41) is 2.94. The Hall–Kier alpha value is -1.91. The van der Waals surface area contributed by atoms with Gasteiger partial charge in [0.05, 0.1) is 6.04 Å². The molecule has 120 valence electrons. The predicted octanol–water partition coefficient (Wildman–Crippen LogP) is 2.65. The van der Waals surface area contributed by atoms with Crippen LogP contribution < -0.4 is 5.32 Å². The average molecular weight is 306 g/mol. The lowest BCUT2D eigenvalue weighted by Gasteiger charge is -2.31. The predicted molar refractivity (Wildman–Crippen MR) is 82.5 cm³/mol. The summed E-state index contributed by atoms with van der Waals surface area (Å²) in [6.07, 6.45) is 1.33. The Balaban J connectivity index is 2.07. The van der Waals surface area contributed by atoms with E-state index >= 15 is 0 Å². The molecule has 2 rings (SSSR count). The number of hydrogen-bond donors (Lipinski definition) is 1. The van der Waals surface area contributed by atoms with Gasteiger partial charge in [-0.3, -0.25) is 9.59 Å². The van der Waals surface area contributed by atoms with Crippen LogP contribution in [0.25, 0.3) is 0 Å². The molecule has 0 unspecified atom stereocenters. The van der Waals surface area contributed by atoms with Crippen LogP contribution in [0.3, 0.4) is 0 Å². The van der Waals surface area contributed by atoms with Crippen LogP contribution >= 0.6 is 0 Å². The Bertz CT molecular complexity index is 542. The Labute approximate surface area is 130 Å². The molecule has 1 saturated heterocycles. The maximum atomic E-state index is 13.0. The Morgan fingerprint density at radius 2 is 1.86 bits per heavy atom. The molecule has 0 aromatic heterocycles. The minimum atomic E-state index is -0.446. The normalized spacial score (nSPS) is 17.7. The molecule has 1 aromatic rings. The van der Waals surface area contributed by atoms with Crippen molar-refractivity contribution in [2.45, 2.75) is 45.7 Å². The molecule has 1 heterocycles. The van der Waals surface area contributed by atoms with E-state index in [4.69, 9.17) is 0 Å². The van der Waals surface area contributed by atoms with E-state index in [1.807, 2.05) is 20.8 Å². The van der Waals surface area contributed by atoms with Gasteiger partial charge in [0, 0.05) is 13.0 Å². The van der Waals surface area contributed by atoms with Crippen LogP contribution in [0, 0.1) is 11.7 Å². The van der Waals surface area contributed by atoms with Crippen molar-refractivity contribution in [3.8, 4) is 0 Å². The second-order valence-corrected chi connectivity index (χ2v) is 6.16. The highest BCUT2D eigenvalue weighted by Gasteiger charge is 2.35. The monoisotopic (exact) mass is 306 g/mol. The van der Waals surface area contributed by atoms with Gasteiger partial charge < -0.3 is 10.2 Å². The highest BCUT2D eigenvalue weighted by Crippen LogP contribution is 2.21. The van der Waals surface area contributed by atoms with E-state index in [0.29, 0.717) is 13.0 Å². The standard InChI is InChI=1S/C17H23FN2O2/c1-11(2)16(20-10-4-5-15(20)21)17(22)19-12(3)13-6-8-14(18)9-7-13/h6-9,11-12,16H,4-5,10H2,1-3H3,(H,19,22)/t12-,16+/m0/s1. The van der Waals surface area contributed by atoms with Crippen LogP contribution in [-0.2, 0) is 9.59 Å². The summed E-state index contributed by atoms with van der Waals surface area (Å²) in [4.78, 5) is 26.2. The van der Waals surface area contributed by atoms with E-state index in [1.54, 1.807) is 17.0 Å². The van der Waals surface area contributed by atoms with E-state index in [0.717, 1.165) is 12.0 Å². The molecule has 1 aromatic carbocycles. The Morgan fingerprint density at radius 1 is 1.23 bits per heavy atom. The summed E-state index contributed by atoms with van der Waals surface area (Å²) < 4.78 is 13.0. The number of halogens is 1. The number of hydrogen-bond acceptors (Lipinski definition) is 2. The summed E-state index contributed by atoms with van der Waals surface area (Å²) >= 11 is 0. The first kappa shape index (κ1) is 16.5. The zero-order chi connectivity index (χ0) is 16.3. The molecule has 0 saturated carbocycles. The van der Waals surface area contributed by atoms with Crippen molar-refractivity contribution < 1.29 is 14.0 Å². The highest BCUT2D eigenvalue weighted by molar-refractivity contribution is 5.89. The number of nitrogens with zero attached hydrogens (tertiary/aromatic N) is 1. The van der Waals surface area contributed by atoms with Crippen molar-refractivity contribution in [3.63, 3.8) is 0 Å². The average Bonchev–Trinajstić information content (AvgIpc) is 2.85. The van der Waals surface area contributed by atoms with Crippen LogP contribution in [0.2, 0.25) is 0 Å². The topological polar surface area (TPSA) is 49.4 Å². The molecule has 0 bridgehead atoms. The van der Waals surface area contributed by atoms with E-state index in [2.05, 4.69) is 5.32 Å². The molecule has 1 N–H and O–H groups in total. The van der Waals surface area contributed by atoms with Crippen LogP contribution in [0.1, 0.15) is 45.2 Å². The fourth-order valence-electron chi connectivity index (χ4n) is 2.90. The first-order valence-corrected chi connectivity index (χ1v) is 7.75. The fraction of sp³-hybridized carbons (Fsp3) is 0.529. The summed E-state index contributed by atoms with van der Waals surface area (Å²) in [5.74, 6) is -0.363. The lowest BCUT2D eigenvalue weighted by Crippen LogP contribution is -2.50. The summed E-state index contributed by atoms with van der Waals surface area (Å²) in [7, 11) is 0. The molecule has 1 fully saturated rings. The summed E-state index contributed by atoms with van der Waals surface area (Å²) in [5.41, 5.74) is 0.838. The van der Waals surface area contributed by atoms with Gasteiger partial charge in [0.2, 0.25) is 11.8 Å². The summed E-state index contributed by atoms with van der Waals surface area (Å²) in [6.45, 7) is 6.38. The van der Waals surface area contributed by atoms with Gasteiger partial charge in [-0.15, -0.1) is 0 Å². The quantitative estimate of drug-likeness (QED) is 0.909. The zero-order valence-corrected chi connectivity index (χ0v) is 13.3. The van der Waals surface area contributed by atoms with E-state index in [1.165, 1.54) is 12.1 Å². The van der Waals surface area contributed by atoms with Crippen molar-refractivity contribution in [1.29, 1.82) is 0 Å². The van der Waals surface area contributed by atoms with Gasteiger partial charge in [-0.2, -0.15) is 0 Å². The highest BCUT2D eigenvalue weighted by atomic mass is 19.1. The molecule has 1 aliphatic heterocycles. The Morgan fingerprint density at radius 3 is 2.36 bits per heavy atom. The molecular weight excluding hydrogens is 283 g/mol. The number of rotatable bonds is 5. The second kappa shape index (κ2) is 6.90. The molecule has 0 radical (unpaired) electrons. The number of carbonyl (C=O) groups is 2. The molecule has 5 heteroatoms. The first-order valence-electron chi connectivity index (χ1n) is 7.75. The maximum absolute atomic E-state index is 13.0. The van der Waals surface area contributed by atoms with Gasteiger partial charge in [0.15, 0.2) is 0 Å². The van der Waals surface area contributed by atoms with Gasteiger partial charge in [-0.05, 0) is 37.0 Å². The molecule has 0 aliphatic carbocycles. The van der Waals surface area contributed by atoms with Gasteiger partial charge in [-0.25, -0.2) is 4.39 Å². The van der Waals surface area contributed by atoms with Crippen molar-refractivity contribution in [3.05, 3.63) is 35.6 Å². The molecule has 2 amide bonds. The minimum Gasteiger partial charge on any atom is -0.348 e. The van der Waals surface area contributed by atoms with Gasteiger partial charge in [-0.1, -0.05) is 26.0 Å². The third kappa shape index (κ3) is 3.64. The number of likely N-dealkylation sites (tertiary alicyclic amines) is 1. The minimum absolute atomic E-state index is 0.0440. The molecule has 22 heavy (non-hydrogen) atoms. The van der Waals surface area contributed by atoms with Crippen LogP contribution in [0.5, 0.6) is 0 Å². The van der Waals surface area contributed by atoms with Gasteiger partial charge in [0.25, 0.3) is 0 Å². The van der Waals surface area contributed by atoms with Crippen molar-refractivity contribution in [2.24, 2.45) is 5.92 Å². The van der Waals surface area contributed by atoms with Crippen LogP contribution in [0.4, 0.5) is 4.39 Å². The third-order valence-corrected chi connectivity index (χ3v) is 4.07. The van der Waals surface area contributed by atoms with Crippen LogP contribution in [-0.4, -0.2) is 29.3 Å². The SMILES string of the molecule is CC(C)[C@H](C(=O)N[C@@H](C)c1ccc(F)cc1)N1CCCC1=O. The third-order valence-electron chi connectivity index (χ3n) is 4.07. The van der Waals surface area contributed by atoms with E-state index in [9.17, 15) is 14.0 Å². The second-order valence-electron chi connectivity index (χ2n) is 6.16.